The number of hydrogen-bond donors (Lipinski definition) is 1. The van der Waals surface area contributed by atoms with Crippen LogP contribution in [0.1, 0.15) is 37.9 Å². The third-order valence-electron chi connectivity index (χ3n) is 3.35. The van der Waals surface area contributed by atoms with Crippen LogP contribution in [0.15, 0.2) is 36.5 Å². The van der Waals surface area contributed by atoms with Crippen molar-refractivity contribution in [3.63, 3.8) is 0 Å². The number of unbranched alkanes of at least 4 members (excludes halogenated alkanes) is 1. The fourth-order valence-electron chi connectivity index (χ4n) is 2.15. The lowest BCUT2D eigenvalue weighted by Gasteiger charge is -2.25. The maximum atomic E-state index is 10.8. The summed E-state index contributed by atoms with van der Waals surface area (Å²) in [5, 5.41) is 15.8. The van der Waals surface area contributed by atoms with Crippen LogP contribution >= 0.6 is 11.6 Å². The lowest BCUT2D eigenvalue weighted by atomic mass is 9.92. The Morgan fingerprint density at radius 3 is 2.58 bits per heavy atom. The molecular formula is C15H19ClN2O. The Morgan fingerprint density at radius 2 is 1.95 bits per heavy atom. The van der Waals surface area contributed by atoms with Crippen LogP contribution in [0.25, 0.3) is 0 Å². The lowest BCUT2D eigenvalue weighted by Crippen LogP contribution is -2.27. The molecule has 19 heavy (non-hydrogen) atoms. The first-order valence-corrected chi connectivity index (χ1v) is 6.94. The normalized spacial score (nSPS) is 14.3. The third-order valence-corrected chi connectivity index (χ3v) is 3.60. The molecule has 0 saturated carbocycles. The highest BCUT2D eigenvalue weighted by atomic mass is 35.5. The van der Waals surface area contributed by atoms with Gasteiger partial charge in [0.25, 0.3) is 0 Å². The van der Waals surface area contributed by atoms with E-state index in [1.54, 1.807) is 25.3 Å². The van der Waals surface area contributed by atoms with Crippen molar-refractivity contribution in [2.75, 3.05) is 0 Å². The van der Waals surface area contributed by atoms with E-state index in [2.05, 4.69) is 12.0 Å². The topological polar surface area (TPSA) is 38.0 Å². The monoisotopic (exact) mass is 278 g/mol. The second-order valence-electron chi connectivity index (χ2n) is 4.87. The first kappa shape index (κ1) is 14.1. The van der Waals surface area contributed by atoms with Crippen molar-refractivity contribution in [1.82, 2.24) is 9.78 Å². The molecule has 3 nitrogen and oxygen atoms in total. The molecule has 0 fully saturated rings. The summed E-state index contributed by atoms with van der Waals surface area (Å²) in [7, 11) is 0. The summed E-state index contributed by atoms with van der Waals surface area (Å²) >= 11 is 5.89. The van der Waals surface area contributed by atoms with Crippen LogP contribution in [0.4, 0.5) is 0 Å². The molecule has 0 spiro atoms. The zero-order valence-corrected chi connectivity index (χ0v) is 12.1. The van der Waals surface area contributed by atoms with E-state index in [0.717, 1.165) is 30.6 Å². The number of aromatic nitrogens is 2. The molecule has 1 unspecified atom stereocenters. The van der Waals surface area contributed by atoms with E-state index < -0.39 is 5.60 Å². The van der Waals surface area contributed by atoms with Crippen molar-refractivity contribution in [1.29, 1.82) is 0 Å². The Morgan fingerprint density at radius 1 is 1.26 bits per heavy atom. The van der Waals surface area contributed by atoms with Gasteiger partial charge >= 0.3 is 0 Å². The molecule has 0 amide bonds. The van der Waals surface area contributed by atoms with Crippen LogP contribution < -0.4 is 0 Å². The highest BCUT2D eigenvalue weighted by Gasteiger charge is 2.29. The van der Waals surface area contributed by atoms with E-state index in [1.165, 1.54) is 0 Å². The molecule has 0 saturated heterocycles. The molecule has 0 radical (unpaired) electrons. The van der Waals surface area contributed by atoms with Crippen LogP contribution in [0.3, 0.4) is 0 Å². The van der Waals surface area contributed by atoms with E-state index in [1.807, 2.05) is 22.9 Å². The SMILES string of the molecule is CCCCn1nccc1C(C)(O)c1ccc(Cl)cc1. The van der Waals surface area contributed by atoms with Crippen LogP contribution in [-0.4, -0.2) is 14.9 Å². The fourth-order valence-corrected chi connectivity index (χ4v) is 2.28. The second-order valence-corrected chi connectivity index (χ2v) is 5.31. The van der Waals surface area contributed by atoms with Gasteiger partial charge in [0.15, 0.2) is 0 Å². The maximum Gasteiger partial charge on any atom is 0.128 e. The Kier molecular flexibility index (Phi) is 4.27. The average Bonchev–Trinajstić information content (AvgIpc) is 2.86. The number of benzene rings is 1. The number of hydrogen-bond acceptors (Lipinski definition) is 2. The lowest BCUT2D eigenvalue weighted by molar-refractivity contribution is 0.0913. The van der Waals surface area contributed by atoms with Gasteiger partial charge in [-0.15, -0.1) is 0 Å². The third kappa shape index (κ3) is 2.99. The van der Waals surface area contributed by atoms with Gasteiger partial charge in [0.1, 0.15) is 5.60 Å². The van der Waals surface area contributed by atoms with Crippen molar-refractivity contribution in [2.45, 2.75) is 38.8 Å². The average molecular weight is 279 g/mol. The number of rotatable bonds is 5. The van der Waals surface area contributed by atoms with Crippen molar-refractivity contribution in [2.24, 2.45) is 0 Å². The largest absolute Gasteiger partial charge is 0.379 e. The standard InChI is InChI=1S/C15H19ClN2O/c1-3-4-11-18-14(9-10-17-18)15(2,19)12-5-7-13(16)8-6-12/h5-10,19H,3-4,11H2,1-2H3. The van der Waals surface area contributed by atoms with Gasteiger partial charge in [0.05, 0.1) is 5.69 Å². The predicted molar refractivity (Wildman–Crippen MR) is 77.3 cm³/mol. The summed E-state index contributed by atoms with van der Waals surface area (Å²) in [6, 6.07) is 9.14. The first-order valence-electron chi connectivity index (χ1n) is 6.56. The molecule has 0 aliphatic rings. The number of aliphatic hydroxyl groups is 1. The second kappa shape index (κ2) is 5.76. The summed E-state index contributed by atoms with van der Waals surface area (Å²) < 4.78 is 1.87. The molecule has 0 aliphatic heterocycles. The van der Waals surface area contributed by atoms with E-state index in [4.69, 9.17) is 11.6 Å². The number of halogens is 1. The first-order chi connectivity index (χ1) is 9.05. The Hall–Kier alpha value is -1.32. The van der Waals surface area contributed by atoms with Crippen molar-refractivity contribution in [3.05, 3.63) is 52.8 Å². The minimum absolute atomic E-state index is 0.666. The summed E-state index contributed by atoms with van der Waals surface area (Å²) in [4.78, 5) is 0. The molecule has 2 aromatic rings. The Bertz CT molecular complexity index is 531. The zero-order valence-electron chi connectivity index (χ0n) is 11.3. The van der Waals surface area contributed by atoms with Crippen LogP contribution in [0, 0.1) is 0 Å². The van der Waals surface area contributed by atoms with Crippen molar-refractivity contribution < 1.29 is 5.11 Å². The van der Waals surface area contributed by atoms with Crippen LogP contribution in [0.5, 0.6) is 0 Å². The van der Waals surface area contributed by atoms with Gasteiger partial charge in [-0.05, 0) is 37.1 Å². The van der Waals surface area contributed by atoms with Crippen LogP contribution in [0.2, 0.25) is 5.02 Å². The van der Waals surface area contributed by atoms with Gasteiger partial charge in [-0.1, -0.05) is 37.1 Å². The molecule has 102 valence electrons. The molecular weight excluding hydrogens is 260 g/mol. The molecule has 1 atom stereocenters. The summed E-state index contributed by atoms with van der Waals surface area (Å²) in [6.45, 7) is 4.75. The molecule has 1 heterocycles. The van der Waals surface area contributed by atoms with Crippen LogP contribution in [-0.2, 0) is 12.1 Å². The fraction of sp³-hybridized carbons (Fsp3) is 0.400. The Balaban J connectivity index is 2.33. The van der Waals surface area contributed by atoms with E-state index in [9.17, 15) is 5.11 Å². The molecule has 2 rings (SSSR count). The van der Waals surface area contributed by atoms with Crippen molar-refractivity contribution >= 4 is 11.6 Å². The molecule has 0 bridgehead atoms. The van der Waals surface area contributed by atoms with Gasteiger partial charge < -0.3 is 5.11 Å². The van der Waals surface area contributed by atoms with E-state index in [0.29, 0.717) is 5.02 Å². The van der Waals surface area contributed by atoms with E-state index in [-0.39, 0.29) is 0 Å². The van der Waals surface area contributed by atoms with Gasteiger partial charge in [-0.25, -0.2) is 0 Å². The minimum atomic E-state index is -1.06. The molecule has 0 aliphatic carbocycles. The quantitative estimate of drug-likeness (QED) is 0.908. The molecule has 4 heteroatoms. The smallest absolute Gasteiger partial charge is 0.128 e. The minimum Gasteiger partial charge on any atom is -0.379 e. The molecule has 1 N–H and O–H groups in total. The number of aryl methyl sites for hydroxylation is 1. The summed E-state index contributed by atoms with van der Waals surface area (Å²) in [6.07, 6.45) is 3.88. The van der Waals surface area contributed by atoms with Gasteiger partial charge in [-0.2, -0.15) is 5.10 Å². The summed E-state index contributed by atoms with van der Waals surface area (Å²) in [5.41, 5.74) is 0.563. The van der Waals surface area contributed by atoms with Gasteiger partial charge in [0, 0.05) is 17.8 Å². The molecule has 1 aromatic carbocycles. The highest BCUT2D eigenvalue weighted by Crippen LogP contribution is 2.29. The van der Waals surface area contributed by atoms with Gasteiger partial charge in [-0.3, -0.25) is 4.68 Å². The zero-order chi connectivity index (χ0) is 13.9. The van der Waals surface area contributed by atoms with Gasteiger partial charge in [0.2, 0.25) is 0 Å². The predicted octanol–water partition coefficient (Wildman–Crippen LogP) is 3.59. The summed E-state index contributed by atoms with van der Waals surface area (Å²) in [5.74, 6) is 0. The number of nitrogens with zero attached hydrogens (tertiary/aromatic N) is 2. The van der Waals surface area contributed by atoms with E-state index >= 15 is 0 Å². The van der Waals surface area contributed by atoms with Crippen molar-refractivity contribution in [3.8, 4) is 0 Å². The molecule has 1 aromatic heterocycles. The highest BCUT2D eigenvalue weighted by molar-refractivity contribution is 6.30. The maximum absolute atomic E-state index is 10.8. The Labute approximate surface area is 118 Å².